The van der Waals surface area contributed by atoms with E-state index < -0.39 is 0 Å². The van der Waals surface area contributed by atoms with Gasteiger partial charge in [0.15, 0.2) is 5.78 Å². The molecular weight excluding hydrogens is 318 g/mol. The van der Waals surface area contributed by atoms with E-state index in [4.69, 9.17) is 11.6 Å². The monoisotopic (exact) mass is 333 g/mol. The van der Waals surface area contributed by atoms with Gasteiger partial charge in [0.1, 0.15) is 12.2 Å². The lowest BCUT2D eigenvalue weighted by Gasteiger charge is -2.23. The molecule has 1 aliphatic heterocycles. The summed E-state index contributed by atoms with van der Waals surface area (Å²) in [6, 6.07) is 4.50. The van der Waals surface area contributed by atoms with Crippen molar-refractivity contribution in [1.82, 2.24) is 20.1 Å². The predicted octanol–water partition coefficient (Wildman–Crippen LogP) is 2.27. The molecule has 1 aromatic carbocycles. The molecule has 120 valence electrons. The number of nitrogens with one attached hydrogen (secondary N) is 2. The number of carbonyl (C=O) groups excluding carboxylic acids is 2. The number of ketones is 1. The van der Waals surface area contributed by atoms with Crippen molar-refractivity contribution < 1.29 is 9.59 Å². The van der Waals surface area contributed by atoms with E-state index in [2.05, 4.69) is 20.7 Å². The van der Waals surface area contributed by atoms with Crippen LogP contribution in [0.1, 0.15) is 29.5 Å². The number of anilines is 1. The van der Waals surface area contributed by atoms with Crippen molar-refractivity contribution in [2.75, 3.05) is 5.32 Å². The van der Waals surface area contributed by atoms with Crippen LogP contribution in [0, 0.1) is 0 Å². The number of aryl methyl sites for hydroxylation is 1. The molecule has 0 saturated heterocycles. The third-order valence-corrected chi connectivity index (χ3v) is 4.06. The SMILES string of the molecule is CC(=O)c1ccc(NC(=O)N[C@@H]2CCc3ncnn3C2)cc1Cl. The summed E-state index contributed by atoms with van der Waals surface area (Å²) in [4.78, 5) is 27.6. The molecule has 0 unspecified atom stereocenters. The van der Waals surface area contributed by atoms with E-state index in [-0.39, 0.29) is 17.9 Å². The van der Waals surface area contributed by atoms with Gasteiger partial charge >= 0.3 is 6.03 Å². The summed E-state index contributed by atoms with van der Waals surface area (Å²) < 4.78 is 1.80. The minimum Gasteiger partial charge on any atom is -0.333 e. The number of nitrogens with zero attached hydrogens (tertiary/aromatic N) is 3. The van der Waals surface area contributed by atoms with Gasteiger partial charge in [0.05, 0.1) is 17.6 Å². The maximum absolute atomic E-state index is 12.1. The van der Waals surface area contributed by atoms with Crippen molar-refractivity contribution in [3.05, 3.63) is 40.9 Å². The molecule has 0 spiro atoms. The van der Waals surface area contributed by atoms with Gasteiger partial charge in [-0.25, -0.2) is 14.5 Å². The first-order valence-corrected chi connectivity index (χ1v) is 7.65. The van der Waals surface area contributed by atoms with Crippen molar-refractivity contribution in [3.8, 4) is 0 Å². The molecule has 2 aromatic rings. The summed E-state index contributed by atoms with van der Waals surface area (Å²) in [6.45, 7) is 2.05. The van der Waals surface area contributed by atoms with Gasteiger partial charge in [-0.3, -0.25) is 4.79 Å². The summed E-state index contributed by atoms with van der Waals surface area (Å²) in [5.41, 5.74) is 0.971. The second-order valence-corrected chi connectivity index (χ2v) is 5.85. The molecule has 0 bridgehead atoms. The van der Waals surface area contributed by atoms with E-state index in [0.29, 0.717) is 22.8 Å². The number of halogens is 1. The van der Waals surface area contributed by atoms with Gasteiger partial charge in [-0.15, -0.1) is 0 Å². The van der Waals surface area contributed by atoms with Crippen LogP contribution in [-0.4, -0.2) is 32.6 Å². The molecule has 23 heavy (non-hydrogen) atoms. The van der Waals surface area contributed by atoms with Gasteiger partial charge in [-0.1, -0.05) is 11.6 Å². The standard InChI is InChI=1S/C15H16ClN5O2/c1-9(22)12-4-2-10(6-13(12)16)19-15(23)20-11-3-5-14-17-8-18-21(14)7-11/h2,4,6,8,11H,3,5,7H2,1H3,(H2,19,20,23)/t11-/m1/s1. The number of Topliss-reactive ketones (excluding diaryl/α,β-unsaturated/α-hetero) is 1. The highest BCUT2D eigenvalue weighted by Crippen LogP contribution is 2.21. The first-order chi connectivity index (χ1) is 11.0. The quantitative estimate of drug-likeness (QED) is 0.843. The van der Waals surface area contributed by atoms with Crippen LogP contribution in [-0.2, 0) is 13.0 Å². The fourth-order valence-corrected chi connectivity index (χ4v) is 2.90. The minimum atomic E-state index is -0.315. The molecule has 2 amide bonds. The average Bonchev–Trinajstić information content (AvgIpc) is 2.94. The Bertz CT molecular complexity index is 758. The Balaban J connectivity index is 1.60. The second kappa shape index (κ2) is 6.37. The maximum atomic E-state index is 12.1. The van der Waals surface area contributed by atoms with E-state index >= 15 is 0 Å². The fraction of sp³-hybridized carbons (Fsp3) is 0.333. The molecule has 2 N–H and O–H groups in total. The second-order valence-electron chi connectivity index (χ2n) is 5.44. The summed E-state index contributed by atoms with van der Waals surface area (Å²) in [7, 11) is 0. The molecule has 0 aliphatic carbocycles. The molecule has 0 saturated carbocycles. The molecule has 0 radical (unpaired) electrons. The highest BCUT2D eigenvalue weighted by molar-refractivity contribution is 6.34. The molecule has 2 heterocycles. The van der Waals surface area contributed by atoms with E-state index in [0.717, 1.165) is 18.7 Å². The van der Waals surface area contributed by atoms with E-state index in [1.807, 2.05) is 0 Å². The molecule has 0 fully saturated rings. The van der Waals surface area contributed by atoms with Crippen molar-refractivity contribution in [2.24, 2.45) is 0 Å². The third kappa shape index (κ3) is 3.50. The first-order valence-electron chi connectivity index (χ1n) is 7.27. The summed E-state index contributed by atoms with van der Waals surface area (Å²) in [5, 5.41) is 10.1. The van der Waals surface area contributed by atoms with Crippen LogP contribution in [0.2, 0.25) is 5.02 Å². The zero-order valence-electron chi connectivity index (χ0n) is 12.5. The molecule has 7 nitrogen and oxygen atoms in total. The van der Waals surface area contributed by atoms with E-state index in [1.165, 1.54) is 13.3 Å². The van der Waals surface area contributed by atoms with Gasteiger partial charge in [-0.05, 0) is 31.5 Å². The lowest BCUT2D eigenvalue weighted by atomic mass is 10.1. The number of urea groups is 1. The van der Waals surface area contributed by atoms with Crippen molar-refractivity contribution in [3.63, 3.8) is 0 Å². The van der Waals surface area contributed by atoms with Crippen LogP contribution >= 0.6 is 11.6 Å². The minimum absolute atomic E-state index is 0.00355. The lowest BCUT2D eigenvalue weighted by molar-refractivity contribution is 0.101. The number of benzene rings is 1. The van der Waals surface area contributed by atoms with Crippen molar-refractivity contribution >= 4 is 29.1 Å². The largest absolute Gasteiger partial charge is 0.333 e. The smallest absolute Gasteiger partial charge is 0.319 e. The molecule has 1 aromatic heterocycles. The number of amides is 2. The number of hydrogen-bond donors (Lipinski definition) is 2. The summed E-state index contributed by atoms with van der Waals surface area (Å²) in [6.07, 6.45) is 3.12. The Morgan fingerprint density at radius 2 is 2.22 bits per heavy atom. The van der Waals surface area contributed by atoms with Gasteiger partial charge < -0.3 is 10.6 Å². The Hall–Kier alpha value is -2.41. The molecular formula is C15H16ClN5O2. The van der Waals surface area contributed by atoms with Gasteiger partial charge in [-0.2, -0.15) is 5.10 Å². The van der Waals surface area contributed by atoms with E-state index in [1.54, 1.807) is 22.9 Å². The molecule has 1 atom stereocenters. The summed E-state index contributed by atoms with van der Waals surface area (Å²) >= 11 is 6.03. The van der Waals surface area contributed by atoms with Crippen LogP contribution in [0.4, 0.5) is 10.5 Å². The predicted molar refractivity (Wildman–Crippen MR) is 85.7 cm³/mol. The number of hydrogen-bond acceptors (Lipinski definition) is 4. The highest BCUT2D eigenvalue weighted by atomic mass is 35.5. The zero-order valence-corrected chi connectivity index (χ0v) is 13.3. The number of fused-ring (bicyclic) bond motifs is 1. The highest BCUT2D eigenvalue weighted by Gasteiger charge is 2.21. The molecule has 3 rings (SSSR count). The van der Waals surface area contributed by atoms with Crippen molar-refractivity contribution in [2.45, 2.75) is 32.4 Å². The molecule has 8 heteroatoms. The Labute approximate surface area is 138 Å². The van der Waals surface area contributed by atoms with Crippen LogP contribution < -0.4 is 10.6 Å². The van der Waals surface area contributed by atoms with Crippen LogP contribution in [0.25, 0.3) is 0 Å². The zero-order chi connectivity index (χ0) is 16.4. The Kier molecular flexibility index (Phi) is 4.29. The Morgan fingerprint density at radius 3 is 2.96 bits per heavy atom. The summed E-state index contributed by atoms with van der Waals surface area (Å²) in [5.74, 6) is 0.826. The number of aromatic nitrogens is 3. The fourth-order valence-electron chi connectivity index (χ4n) is 2.59. The maximum Gasteiger partial charge on any atom is 0.319 e. The average molecular weight is 334 g/mol. The lowest BCUT2D eigenvalue weighted by Crippen LogP contribution is -2.43. The topological polar surface area (TPSA) is 88.9 Å². The number of rotatable bonds is 3. The van der Waals surface area contributed by atoms with Gasteiger partial charge in [0.2, 0.25) is 0 Å². The van der Waals surface area contributed by atoms with Crippen LogP contribution in [0.5, 0.6) is 0 Å². The first kappa shape index (κ1) is 15.5. The van der Waals surface area contributed by atoms with Crippen LogP contribution in [0.15, 0.2) is 24.5 Å². The third-order valence-electron chi connectivity index (χ3n) is 3.75. The molecule has 1 aliphatic rings. The van der Waals surface area contributed by atoms with Crippen molar-refractivity contribution in [1.29, 1.82) is 0 Å². The normalized spacial score (nSPS) is 16.5. The van der Waals surface area contributed by atoms with Gasteiger partial charge in [0.25, 0.3) is 0 Å². The van der Waals surface area contributed by atoms with Crippen LogP contribution in [0.3, 0.4) is 0 Å². The number of carbonyl (C=O) groups is 2. The Morgan fingerprint density at radius 1 is 1.39 bits per heavy atom. The van der Waals surface area contributed by atoms with Gasteiger partial charge in [0, 0.05) is 17.7 Å². The van der Waals surface area contributed by atoms with E-state index in [9.17, 15) is 9.59 Å².